The van der Waals surface area contributed by atoms with Gasteiger partial charge in [0.15, 0.2) is 12.2 Å². The molecule has 12 nitrogen and oxygen atoms in total. The number of ether oxygens (including phenoxy) is 4. The quantitative estimate of drug-likeness (QED) is 0.0971. The Morgan fingerprint density at radius 3 is 1.75 bits per heavy atom. The second kappa shape index (κ2) is 19.6. The molecule has 1 fully saturated rings. The van der Waals surface area contributed by atoms with Crippen LogP contribution in [0.4, 0.5) is 0 Å². The van der Waals surface area contributed by atoms with Gasteiger partial charge in [0.1, 0.15) is 22.7 Å². The van der Waals surface area contributed by atoms with Crippen molar-refractivity contribution in [1.82, 2.24) is 10.2 Å². The molecule has 0 spiro atoms. The maximum Gasteiger partial charge on any atom is 0.347 e. The van der Waals surface area contributed by atoms with Crippen LogP contribution in [0.25, 0.3) is 44.2 Å². The zero-order valence-corrected chi connectivity index (χ0v) is 32.2. The van der Waals surface area contributed by atoms with E-state index in [0.717, 1.165) is 65.9 Å². The number of carbonyl (C=O) groups excluding carboxylic acids is 2. The Labute approximate surface area is 329 Å². The van der Waals surface area contributed by atoms with Crippen LogP contribution in [-0.2, 0) is 19.1 Å². The summed E-state index contributed by atoms with van der Waals surface area (Å²) in [6.07, 6.45) is -0.896. The van der Waals surface area contributed by atoms with Crippen LogP contribution in [0, 0.1) is 0 Å². The van der Waals surface area contributed by atoms with Gasteiger partial charge in [0.05, 0.1) is 19.8 Å². The van der Waals surface area contributed by atoms with Crippen LogP contribution in [0.3, 0.4) is 0 Å². The number of carbonyl (C=O) groups is 2. The molecule has 296 valence electrons. The molecule has 4 aromatic carbocycles. The summed E-state index contributed by atoms with van der Waals surface area (Å²) < 4.78 is 32.6. The van der Waals surface area contributed by atoms with Gasteiger partial charge in [-0.3, -0.25) is 9.69 Å². The molecule has 2 atom stereocenters. The Morgan fingerprint density at radius 1 is 0.719 bits per heavy atom. The highest BCUT2D eigenvalue weighted by Crippen LogP contribution is 2.31. The van der Waals surface area contributed by atoms with Crippen LogP contribution in [0.1, 0.15) is 27.2 Å². The van der Waals surface area contributed by atoms with Crippen molar-refractivity contribution in [2.45, 2.75) is 39.4 Å². The molecular formula is C45H46N2O10. The maximum atomic E-state index is 12.4. The average Bonchev–Trinajstić information content (AvgIpc) is 3.23. The Hall–Kier alpha value is -6.24. The minimum Gasteiger partial charge on any atom is -0.481 e. The lowest BCUT2D eigenvalue weighted by molar-refractivity contribution is -0.151. The van der Waals surface area contributed by atoms with E-state index in [2.05, 4.69) is 10.2 Å². The molecule has 57 heavy (non-hydrogen) atoms. The van der Waals surface area contributed by atoms with Gasteiger partial charge >= 0.3 is 17.2 Å². The van der Waals surface area contributed by atoms with Crippen LogP contribution in [0.15, 0.2) is 128 Å². The van der Waals surface area contributed by atoms with E-state index in [0.29, 0.717) is 42.2 Å². The first-order valence-corrected chi connectivity index (χ1v) is 19.1. The van der Waals surface area contributed by atoms with Crippen molar-refractivity contribution in [3.63, 3.8) is 0 Å². The van der Waals surface area contributed by atoms with Crippen LogP contribution in [-0.4, -0.2) is 75.0 Å². The standard InChI is InChI=1S/C24H26N2O5.C21H20O5/c1-17(24(28)25-9-10-26-11-13-29-14-12-26)30-19-7-8-20-21(18-5-3-2-4-6-18)16-23(27)31-22(20)15-19;1-3-18(21(23)24-4-2)25-15-10-11-16-17(14-8-6-5-7-9-14)13-20(22)26-19(16)12-15/h2-8,15-17H,9-14H2,1H3,(H,25,28);5-13,18H,3-4H2,1-2H3. The van der Waals surface area contributed by atoms with E-state index in [1.54, 1.807) is 38.1 Å². The molecule has 1 saturated heterocycles. The van der Waals surface area contributed by atoms with Gasteiger partial charge in [-0.1, -0.05) is 67.6 Å². The molecule has 6 aromatic rings. The zero-order chi connectivity index (χ0) is 40.1. The highest BCUT2D eigenvalue weighted by Gasteiger charge is 2.21. The molecule has 7 rings (SSSR count). The van der Waals surface area contributed by atoms with Gasteiger partial charge in [-0.05, 0) is 66.8 Å². The van der Waals surface area contributed by atoms with Crippen molar-refractivity contribution >= 4 is 33.8 Å². The van der Waals surface area contributed by atoms with Crippen molar-refractivity contribution < 1.29 is 37.4 Å². The maximum absolute atomic E-state index is 12.4. The number of amides is 1. The number of esters is 1. The predicted molar refractivity (Wildman–Crippen MR) is 218 cm³/mol. The van der Waals surface area contributed by atoms with Gasteiger partial charge in [-0.25, -0.2) is 14.4 Å². The van der Waals surface area contributed by atoms with E-state index in [4.69, 9.17) is 27.8 Å². The molecule has 0 radical (unpaired) electrons. The lowest BCUT2D eigenvalue weighted by Crippen LogP contribution is -2.43. The Balaban J connectivity index is 0.000000196. The minimum atomic E-state index is -0.698. The third kappa shape index (κ3) is 10.7. The van der Waals surface area contributed by atoms with Crippen molar-refractivity contribution in [2.75, 3.05) is 46.0 Å². The number of benzene rings is 4. The summed E-state index contributed by atoms with van der Waals surface area (Å²) in [5.74, 6) is 0.324. The van der Waals surface area contributed by atoms with Crippen molar-refractivity contribution in [3.05, 3.63) is 130 Å². The Morgan fingerprint density at radius 2 is 1.25 bits per heavy atom. The first-order valence-electron chi connectivity index (χ1n) is 19.1. The molecular weight excluding hydrogens is 728 g/mol. The summed E-state index contributed by atoms with van der Waals surface area (Å²) >= 11 is 0. The van der Waals surface area contributed by atoms with Gasteiger partial charge in [0.25, 0.3) is 5.91 Å². The molecule has 2 unspecified atom stereocenters. The van der Waals surface area contributed by atoms with Crippen molar-refractivity contribution in [1.29, 1.82) is 0 Å². The lowest BCUT2D eigenvalue weighted by Gasteiger charge is -2.26. The number of fused-ring (bicyclic) bond motifs is 2. The fourth-order valence-electron chi connectivity index (χ4n) is 6.41. The summed E-state index contributed by atoms with van der Waals surface area (Å²) in [7, 11) is 0. The molecule has 1 amide bonds. The second-order valence-electron chi connectivity index (χ2n) is 13.3. The molecule has 1 aliphatic heterocycles. The van der Waals surface area contributed by atoms with Gasteiger partial charge in [-0.2, -0.15) is 0 Å². The first-order chi connectivity index (χ1) is 27.7. The molecule has 0 aliphatic carbocycles. The number of morpholine rings is 1. The summed E-state index contributed by atoms with van der Waals surface area (Å²) in [5, 5.41) is 4.51. The van der Waals surface area contributed by atoms with E-state index >= 15 is 0 Å². The molecule has 1 N–H and O–H groups in total. The highest BCUT2D eigenvalue weighted by molar-refractivity contribution is 5.95. The van der Waals surface area contributed by atoms with Crippen LogP contribution in [0.2, 0.25) is 0 Å². The summed E-state index contributed by atoms with van der Waals surface area (Å²) in [6, 6.07) is 32.8. The Kier molecular flexibility index (Phi) is 13.9. The number of nitrogens with zero attached hydrogens (tertiary/aromatic N) is 1. The average molecular weight is 775 g/mol. The minimum absolute atomic E-state index is 0.187. The largest absolute Gasteiger partial charge is 0.481 e. The van der Waals surface area contributed by atoms with Crippen molar-refractivity contribution in [2.24, 2.45) is 0 Å². The summed E-state index contributed by atoms with van der Waals surface area (Å²) in [6.45, 7) is 10.2. The monoisotopic (exact) mass is 774 g/mol. The summed E-state index contributed by atoms with van der Waals surface area (Å²) in [5.41, 5.74) is 3.41. The first kappa shape index (κ1) is 40.4. The van der Waals surface area contributed by atoms with E-state index in [1.807, 2.05) is 79.7 Å². The number of nitrogens with one attached hydrogen (secondary N) is 1. The normalized spacial score (nSPS) is 13.9. The van der Waals surface area contributed by atoms with Gasteiger partial charge in [-0.15, -0.1) is 0 Å². The number of hydrogen-bond acceptors (Lipinski definition) is 11. The van der Waals surface area contributed by atoms with E-state index in [-0.39, 0.29) is 5.91 Å². The molecule has 0 bridgehead atoms. The zero-order valence-electron chi connectivity index (χ0n) is 32.2. The molecule has 12 heteroatoms. The fraction of sp³-hybridized carbons (Fsp3) is 0.289. The molecule has 0 saturated carbocycles. The van der Waals surface area contributed by atoms with E-state index < -0.39 is 29.4 Å². The van der Waals surface area contributed by atoms with Gasteiger partial charge in [0.2, 0.25) is 0 Å². The molecule has 3 heterocycles. The Bertz CT molecular complexity index is 2390. The van der Waals surface area contributed by atoms with Crippen LogP contribution in [0.5, 0.6) is 11.5 Å². The molecule has 1 aliphatic rings. The van der Waals surface area contributed by atoms with E-state index in [1.165, 1.54) is 12.1 Å². The number of rotatable bonds is 13. The smallest absolute Gasteiger partial charge is 0.347 e. The SMILES string of the molecule is CC(Oc1ccc2c(-c3ccccc3)cc(=O)oc2c1)C(=O)NCCN1CCOCC1.CCOC(=O)C(CC)Oc1ccc2c(-c3ccccc3)cc(=O)oc2c1. The third-order valence-corrected chi connectivity index (χ3v) is 9.31. The second-order valence-corrected chi connectivity index (χ2v) is 13.3. The topological polar surface area (TPSA) is 147 Å². The third-order valence-electron chi connectivity index (χ3n) is 9.31. The highest BCUT2D eigenvalue weighted by atomic mass is 16.6. The summed E-state index contributed by atoms with van der Waals surface area (Å²) in [4.78, 5) is 50.6. The van der Waals surface area contributed by atoms with Gasteiger partial charge < -0.3 is 33.1 Å². The predicted octanol–water partition coefficient (Wildman–Crippen LogP) is 6.86. The van der Waals surface area contributed by atoms with E-state index in [9.17, 15) is 19.2 Å². The lowest BCUT2D eigenvalue weighted by atomic mass is 10.0. The van der Waals surface area contributed by atoms with Gasteiger partial charge in [0, 0.05) is 61.2 Å². The number of hydrogen-bond donors (Lipinski definition) is 1. The van der Waals surface area contributed by atoms with Crippen LogP contribution >= 0.6 is 0 Å². The van der Waals surface area contributed by atoms with Crippen molar-refractivity contribution in [3.8, 4) is 33.8 Å². The van der Waals surface area contributed by atoms with Crippen LogP contribution < -0.4 is 26.0 Å². The fourth-order valence-corrected chi connectivity index (χ4v) is 6.41. The molecule has 2 aromatic heterocycles.